The molecule has 6 heteroatoms. The van der Waals surface area contributed by atoms with Crippen LogP contribution >= 0.6 is 0 Å². The van der Waals surface area contributed by atoms with Crippen molar-refractivity contribution in [3.05, 3.63) is 24.0 Å². The summed E-state index contributed by atoms with van der Waals surface area (Å²) in [5.41, 5.74) is 0.741. The Morgan fingerprint density at radius 3 is 2.90 bits per heavy atom. The summed E-state index contributed by atoms with van der Waals surface area (Å²) in [7, 11) is 1.59. The number of hydrogen-bond donors (Lipinski definition) is 0. The third-order valence-corrected chi connectivity index (χ3v) is 3.73. The maximum Gasteiger partial charge on any atom is 0.228 e. The van der Waals surface area contributed by atoms with Crippen LogP contribution in [0.4, 0.5) is 0 Å². The van der Waals surface area contributed by atoms with Crippen LogP contribution in [-0.4, -0.2) is 55.0 Å². The molecule has 2 saturated heterocycles. The van der Waals surface area contributed by atoms with Crippen molar-refractivity contribution < 1.29 is 19.0 Å². The molecule has 2 fully saturated rings. The van der Waals surface area contributed by atoms with Gasteiger partial charge in [0.2, 0.25) is 5.91 Å². The van der Waals surface area contributed by atoms with Gasteiger partial charge in [-0.05, 0) is 12.1 Å². The van der Waals surface area contributed by atoms with E-state index in [9.17, 15) is 4.79 Å². The van der Waals surface area contributed by atoms with Gasteiger partial charge in [0.1, 0.15) is 5.75 Å². The number of amides is 1. The Kier molecular flexibility index (Phi) is 3.58. The molecular formula is C14H18N2O4. The molecule has 0 bridgehead atoms. The first-order valence-electron chi connectivity index (χ1n) is 6.75. The first kappa shape index (κ1) is 13.3. The Balaban J connectivity index is 1.59. The van der Waals surface area contributed by atoms with Gasteiger partial charge in [-0.15, -0.1) is 0 Å². The second-order valence-corrected chi connectivity index (χ2v) is 5.04. The molecule has 20 heavy (non-hydrogen) atoms. The largest absolute Gasteiger partial charge is 0.495 e. The van der Waals surface area contributed by atoms with Gasteiger partial charge in [0.05, 0.1) is 39.5 Å². The highest BCUT2D eigenvalue weighted by Gasteiger charge is 2.44. The molecule has 0 saturated carbocycles. The van der Waals surface area contributed by atoms with Crippen molar-refractivity contribution in [3.63, 3.8) is 0 Å². The molecule has 1 amide bonds. The first-order valence-corrected chi connectivity index (χ1v) is 6.75. The van der Waals surface area contributed by atoms with Crippen LogP contribution in [0.5, 0.6) is 5.75 Å². The summed E-state index contributed by atoms with van der Waals surface area (Å²) in [5.74, 6) is 0.191. The number of pyridine rings is 1. The van der Waals surface area contributed by atoms with Crippen molar-refractivity contribution in [2.24, 2.45) is 0 Å². The van der Waals surface area contributed by atoms with Crippen LogP contribution in [0.3, 0.4) is 0 Å². The van der Waals surface area contributed by atoms with Crippen LogP contribution in [0.15, 0.2) is 18.3 Å². The highest BCUT2D eigenvalue weighted by molar-refractivity contribution is 5.78. The maximum atomic E-state index is 12.3. The molecule has 1 aromatic rings. The fourth-order valence-electron chi connectivity index (χ4n) is 2.60. The molecule has 0 radical (unpaired) electrons. The van der Waals surface area contributed by atoms with E-state index in [0.717, 1.165) is 12.1 Å². The van der Waals surface area contributed by atoms with Crippen LogP contribution in [0, 0.1) is 0 Å². The van der Waals surface area contributed by atoms with Crippen LogP contribution in [0.2, 0.25) is 0 Å². The van der Waals surface area contributed by atoms with Gasteiger partial charge in [-0.25, -0.2) is 0 Å². The number of likely N-dealkylation sites (tertiary alicyclic amines) is 1. The van der Waals surface area contributed by atoms with E-state index in [4.69, 9.17) is 14.2 Å². The molecule has 108 valence electrons. The molecule has 0 aromatic carbocycles. The van der Waals surface area contributed by atoms with Gasteiger partial charge in [0, 0.05) is 18.7 Å². The van der Waals surface area contributed by atoms with Crippen molar-refractivity contribution in [1.29, 1.82) is 0 Å². The molecule has 0 aliphatic carbocycles. The van der Waals surface area contributed by atoms with Crippen molar-refractivity contribution in [3.8, 4) is 5.75 Å². The van der Waals surface area contributed by atoms with E-state index in [2.05, 4.69) is 4.98 Å². The lowest BCUT2D eigenvalue weighted by Crippen LogP contribution is -2.37. The second-order valence-electron chi connectivity index (χ2n) is 5.04. The second kappa shape index (κ2) is 5.38. The Labute approximate surface area is 117 Å². The summed E-state index contributed by atoms with van der Waals surface area (Å²) in [5, 5.41) is 0. The zero-order valence-electron chi connectivity index (χ0n) is 11.5. The van der Waals surface area contributed by atoms with E-state index in [1.165, 1.54) is 0 Å². The molecule has 3 rings (SSSR count). The van der Waals surface area contributed by atoms with Crippen molar-refractivity contribution in [2.75, 3.05) is 33.4 Å². The van der Waals surface area contributed by atoms with Crippen LogP contribution in [-0.2, 0) is 20.7 Å². The standard InChI is InChI=1S/C14H18N2O4/c1-18-12-3-2-11(15-9-12)8-13(17)16-5-4-14(10-16)19-6-7-20-14/h2-3,9H,4-8,10H2,1H3. The van der Waals surface area contributed by atoms with E-state index >= 15 is 0 Å². The zero-order valence-corrected chi connectivity index (χ0v) is 11.5. The van der Waals surface area contributed by atoms with Gasteiger partial charge >= 0.3 is 0 Å². The lowest BCUT2D eigenvalue weighted by Gasteiger charge is -2.22. The summed E-state index contributed by atoms with van der Waals surface area (Å²) in [6, 6.07) is 3.62. The maximum absolute atomic E-state index is 12.3. The number of rotatable bonds is 3. The highest BCUT2D eigenvalue weighted by Crippen LogP contribution is 2.30. The fraction of sp³-hybridized carbons (Fsp3) is 0.571. The van der Waals surface area contributed by atoms with Gasteiger partial charge < -0.3 is 19.1 Å². The van der Waals surface area contributed by atoms with Crippen LogP contribution in [0.1, 0.15) is 12.1 Å². The number of aromatic nitrogens is 1. The SMILES string of the molecule is COc1ccc(CC(=O)N2CCC3(C2)OCCO3)nc1. The highest BCUT2D eigenvalue weighted by atomic mass is 16.7. The normalized spacial score (nSPS) is 20.6. The van der Waals surface area contributed by atoms with E-state index < -0.39 is 5.79 Å². The lowest BCUT2D eigenvalue weighted by atomic mass is 10.2. The summed E-state index contributed by atoms with van der Waals surface area (Å²) >= 11 is 0. The number of carbonyl (C=O) groups is 1. The van der Waals surface area contributed by atoms with E-state index in [0.29, 0.717) is 38.5 Å². The number of hydrogen-bond acceptors (Lipinski definition) is 5. The zero-order chi connectivity index (χ0) is 14.0. The molecule has 6 nitrogen and oxygen atoms in total. The quantitative estimate of drug-likeness (QED) is 0.810. The fourth-order valence-corrected chi connectivity index (χ4v) is 2.60. The minimum absolute atomic E-state index is 0.0543. The minimum Gasteiger partial charge on any atom is -0.495 e. The Morgan fingerprint density at radius 1 is 1.45 bits per heavy atom. The third-order valence-electron chi connectivity index (χ3n) is 3.73. The lowest BCUT2D eigenvalue weighted by molar-refractivity contribution is -0.152. The summed E-state index contributed by atoms with van der Waals surface area (Å²) in [4.78, 5) is 18.3. The predicted molar refractivity (Wildman–Crippen MR) is 70.3 cm³/mol. The summed E-state index contributed by atoms with van der Waals surface area (Å²) in [6.45, 7) is 2.42. The molecule has 3 heterocycles. The minimum atomic E-state index is -0.553. The third kappa shape index (κ3) is 2.62. The average Bonchev–Trinajstić information content (AvgIpc) is 3.10. The average molecular weight is 278 g/mol. The van der Waals surface area contributed by atoms with Crippen LogP contribution < -0.4 is 4.74 Å². The van der Waals surface area contributed by atoms with Gasteiger partial charge in [0.15, 0.2) is 5.79 Å². The number of methoxy groups -OCH3 is 1. The van der Waals surface area contributed by atoms with E-state index in [-0.39, 0.29) is 5.91 Å². The van der Waals surface area contributed by atoms with E-state index in [1.54, 1.807) is 18.2 Å². The van der Waals surface area contributed by atoms with Crippen LogP contribution in [0.25, 0.3) is 0 Å². The molecule has 0 unspecified atom stereocenters. The monoisotopic (exact) mass is 278 g/mol. The van der Waals surface area contributed by atoms with Crippen molar-refractivity contribution in [2.45, 2.75) is 18.6 Å². The number of nitrogens with zero attached hydrogens (tertiary/aromatic N) is 2. The molecule has 0 atom stereocenters. The number of carbonyl (C=O) groups excluding carboxylic acids is 1. The molecular weight excluding hydrogens is 260 g/mol. The topological polar surface area (TPSA) is 60.9 Å². The Hall–Kier alpha value is -1.66. The smallest absolute Gasteiger partial charge is 0.228 e. The molecule has 2 aliphatic rings. The van der Waals surface area contributed by atoms with Gasteiger partial charge in [-0.1, -0.05) is 0 Å². The summed E-state index contributed by atoms with van der Waals surface area (Å²) in [6.07, 6.45) is 2.66. The Bertz CT molecular complexity index is 482. The van der Waals surface area contributed by atoms with E-state index in [1.807, 2.05) is 12.1 Å². The molecule has 1 aromatic heterocycles. The van der Waals surface area contributed by atoms with Crippen molar-refractivity contribution >= 4 is 5.91 Å². The summed E-state index contributed by atoms with van der Waals surface area (Å²) < 4.78 is 16.3. The number of ether oxygens (including phenoxy) is 3. The molecule has 1 spiro atoms. The predicted octanol–water partition coefficient (Wildman–Crippen LogP) is 0.608. The Morgan fingerprint density at radius 2 is 2.25 bits per heavy atom. The first-order chi connectivity index (χ1) is 9.71. The van der Waals surface area contributed by atoms with Gasteiger partial charge in [-0.3, -0.25) is 9.78 Å². The molecule has 0 N–H and O–H groups in total. The molecule has 2 aliphatic heterocycles. The van der Waals surface area contributed by atoms with Gasteiger partial charge in [0.25, 0.3) is 0 Å². The van der Waals surface area contributed by atoms with Gasteiger partial charge in [-0.2, -0.15) is 0 Å². The van der Waals surface area contributed by atoms with Crippen molar-refractivity contribution in [1.82, 2.24) is 9.88 Å².